The van der Waals surface area contributed by atoms with Crippen LogP contribution in [0, 0.1) is 0 Å². The van der Waals surface area contributed by atoms with E-state index in [1.165, 1.54) is 23.1 Å². The van der Waals surface area contributed by atoms with Gasteiger partial charge in [0.2, 0.25) is 0 Å². The second kappa shape index (κ2) is 11.3. The Labute approximate surface area is 163 Å². The van der Waals surface area contributed by atoms with Crippen LogP contribution in [0.4, 0.5) is 0 Å². The Morgan fingerprint density at radius 2 is 1.15 bits per heavy atom. The van der Waals surface area contributed by atoms with Gasteiger partial charge >= 0.3 is 0 Å². The summed E-state index contributed by atoms with van der Waals surface area (Å²) in [6, 6.07) is 31.6. The van der Waals surface area contributed by atoms with Crippen LogP contribution in [0.2, 0.25) is 0 Å². The smallest absolute Gasteiger partial charge is 0.108 e. The van der Waals surface area contributed by atoms with Crippen LogP contribution in [0.25, 0.3) is 0 Å². The summed E-state index contributed by atoms with van der Waals surface area (Å²) in [7, 11) is 0. The molecule has 140 valence electrons. The van der Waals surface area contributed by atoms with Crippen molar-refractivity contribution >= 4 is 0 Å². The summed E-state index contributed by atoms with van der Waals surface area (Å²) in [5.41, 5.74) is 3.83. The zero-order valence-electron chi connectivity index (χ0n) is 15.9. The Morgan fingerprint density at radius 1 is 0.630 bits per heavy atom. The van der Waals surface area contributed by atoms with E-state index in [2.05, 4.69) is 84.2 Å². The molecule has 0 spiro atoms. The van der Waals surface area contributed by atoms with E-state index in [1.54, 1.807) is 0 Å². The predicted octanol–water partition coefficient (Wildman–Crippen LogP) is 5.41. The molecule has 3 aromatic carbocycles. The molecule has 0 fully saturated rings. The van der Waals surface area contributed by atoms with Gasteiger partial charge < -0.3 is 10.1 Å². The van der Waals surface area contributed by atoms with E-state index in [0.29, 0.717) is 0 Å². The van der Waals surface area contributed by atoms with Crippen molar-refractivity contribution in [2.75, 3.05) is 19.7 Å². The van der Waals surface area contributed by atoms with E-state index in [0.717, 1.165) is 32.5 Å². The predicted molar refractivity (Wildman–Crippen MR) is 113 cm³/mol. The lowest BCUT2D eigenvalue weighted by atomic mass is 10.0. The van der Waals surface area contributed by atoms with Gasteiger partial charge in [-0.05, 0) is 49.0 Å². The Balaban J connectivity index is 1.37. The minimum absolute atomic E-state index is 0.00507. The monoisotopic (exact) mass is 359 g/mol. The molecular weight excluding hydrogens is 330 g/mol. The fraction of sp³-hybridized carbons (Fsp3) is 0.280. The van der Waals surface area contributed by atoms with E-state index in [-0.39, 0.29) is 6.10 Å². The van der Waals surface area contributed by atoms with E-state index < -0.39 is 0 Å². The van der Waals surface area contributed by atoms with Gasteiger partial charge in [0.15, 0.2) is 0 Å². The third-order valence-corrected chi connectivity index (χ3v) is 4.65. The van der Waals surface area contributed by atoms with Crippen LogP contribution in [0.15, 0.2) is 91.0 Å². The lowest BCUT2D eigenvalue weighted by Gasteiger charge is -2.19. The summed E-state index contributed by atoms with van der Waals surface area (Å²) < 4.78 is 6.25. The molecule has 27 heavy (non-hydrogen) atoms. The van der Waals surface area contributed by atoms with Crippen LogP contribution in [-0.4, -0.2) is 19.7 Å². The molecule has 0 aliphatic rings. The number of hydrogen-bond acceptors (Lipinski definition) is 2. The highest BCUT2D eigenvalue weighted by atomic mass is 16.5. The molecule has 0 bridgehead atoms. The molecule has 0 saturated heterocycles. The molecule has 2 nitrogen and oxygen atoms in total. The molecule has 0 radical (unpaired) electrons. The molecule has 0 aromatic heterocycles. The van der Waals surface area contributed by atoms with Crippen molar-refractivity contribution in [2.45, 2.75) is 25.4 Å². The molecule has 3 aromatic rings. The summed E-state index contributed by atoms with van der Waals surface area (Å²) in [6.07, 6.45) is 3.32. The number of rotatable bonds is 11. The molecule has 0 unspecified atom stereocenters. The summed E-state index contributed by atoms with van der Waals surface area (Å²) in [5.74, 6) is 0. The normalized spacial score (nSPS) is 11.0. The van der Waals surface area contributed by atoms with Gasteiger partial charge in [0.1, 0.15) is 6.10 Å². The van der Waals surface area contributed by atoms with Gasteiger partial charge in [0.25, 0.3) is 0 Å². The maximum atomic E-state index is 6.25. The summed E-state index contributed by atoms with van der Waals surface area (Å²) in [5, 5.41) is 3.53. The van der Waals surface area contributed by atoms with Crippen molar-refractivity contribution in [3.8, 4) is 0 Å². The first-order valence-corrected chi connectivity index (χ1v) is 9.89. The molecule has 0 saturated carbocycles. The van der Waals surface area contributed by atoms with Crippen molar-refractivity contribution in [1.29, 1.82) is 0 Å². The maximum absolute atomic E-state index is 6.25. The minimum Gasteiger partial charge on any atom is -0.369 e. The quantitative estimate of drug-likeness (QED) is 0.463. The first-order valence-electron chi connectivity index (χ1n) is 9.89. The largest absolute Gasteiger partial charge is 0.369 e. The molecule has 2 heteroatoms. The first-order chi connectivity index (χ1) is 13.4. The third kappa shape index (κ3) is 6.67. The molecule has 0 aliphatic carbocycles. The van der Waals surface area contributed by atoms with E-state index >= 15 is 0 Å². The van der Waals surface area contributed by atoms with Crippen molar-refractivity contribution in [3.63, 3.8) is 0 Å². The maximum Gasteiger partial charge on any atom is 0.108 e. The highest BCUT2D eigenvalue weighted by Crippen LogP contribution is 2.25. The van der Waals surface area contributed by atoms with E-state index in [4.69, 9.17) is 4.74 Å². The van der Waals surface area contributed by atoms with E-state index in [9.17, 15) is 0 Å². The van der Waals surface area contributed by atoms with Crippen LogP contribution >= 0.6 is 0 Å². The molecule has 0 aliphatic heterocycles. The second-order valence-electron chi connectivity index (χ2n) is 6.76. The number of hydrogen-bond donors (Lipinski definition) is 1. The highest BCUT2D eigenvalue weighted by Gasteiger charge is 2.13. The van der Waals surface area contributed by atoms with Gasteiger partial charge in [0.05, 0.1) is 0 Å². The van der Waals surface area contributed by atoms with Crippen LogP contribution in [0.1, 0.15) is 35.6 Å². The van der Waals surface area contributed by atoms with Gasteiger partial charge in [-0.15, -0.1) is 0 Å². The Morgan fingerprint density at radius 3 is 1.74 bits per heavy atom. The van der Waals surface area contributed by atoms with Crippen molar-refractivity contribution < 1.29 is 4.74 Å². The fourth-order valence-corrected chi connectivity index (χ4v) is 3.23. The highest BCUT2D eigenvalue weighted by molar-refractivity contribution is 5.29. The van der Waals surface area contributed by atoms with Crippen molar-refractivity contribution in [3.05, 3.63) is 108 Å². The van der Waals surface area contributed by atoms with Crippen LogP contribution in [0.5, 0.6) is 0 Å². The lowest BCUT2D eigenvalue weighted by molar-refractivity contribution is 0.0783. The Kier molecular flexibility index (Phi) is 8.11. The summed E-state index contributed by atoms with van der Waals surface area (Å²) in [4.78, 5) is 0. The zero-order chi connectivity index (χ0) is 18.6. The van der Waals surface area contributed by atoms with Gasteiger partial charge in [-0.1, -0.05) is 91.0 Å². The standard InChI is InChI=1S/C25H29NO/c1-4-12-22(13-5-1)14-10-19-26-20-11-21-27-25(23-15-6-2-7-16-23)24-17-8-3-9-18-24/h1-9,12-13,15-18,25-26H,10-11,14,19-21H2. The van der Waals surface area contributed by atoms with Crippen LogP contribution in [-0.2, 0) is 11.2 Å². The molecule has 0 atom stereocenters. The Bertz CT molecular complexity index is 704. The summed E-state index contributed by atoms with van der Waals surface area (Å²) in [6.45, 7) is 2.79. The number of ether oxygens (including phenoxy) is 1. The average molecular weight is 360 g/mol. The van der Waals surface area contributed by atoms with Gasteiger partial charge in [-0.3, -0.25) is 0 Å². The molecule has 3 rings (SSSR count). The SMILES string of the molecule is c1ccc(CCCNCCCOC(c2ccccc2)c2ccccc2)cc1. The third-order valence-electron chi connectivity index (χ3n) is 4.65. The van der Waals surface area contributed by atoms with Crippen LogP contribution < -0.4 is 5.32 Å². The minimum atomic E-state index is 0.00507. The summed E-state index contributed by atoms with van der Waals surface area (Å²) >= 11 is 0. The zero-order valence-corrected chi connectivity index (χ0v) is 15.9. The topological polar surface area (TPSA) is 21.3 Å². The molecule has 0 heterocycles. The Hall–Kier alpha value is -2.42. The lowest BCUT2D eigenvalue weighted by Crippen LogP contribution is -2.19. The number of benzene rings is 3. The van der Waals surface area contributed by atoms with Gasteiger partial charge in [0, 0.05) is 6.61 Å². The molecular formula is C25H29NO. The van der Waals surface area contributed by atoms with Gasteiger partial charge in [-0.2, -0.15) is 0 Å². The first kappa shape index (κ1) is 19.3. The van der Waals surface area contributed by atoms with E-state index in [1.807, 2.05) is 12.1 Å². The average Bonchev–Trinajstić information content (AvgIpc) is 2.75. The number of aryl methyl sites for hydroxylation is 1. The van der Waals surface area contributed by atoms with Crippen molar-refractivity contribution in [1.82, 2.24) is 5.32 Å². The second-order valence-corrected chi connectivity index (χ2v) is 6.76. The van der Waals surface area contributed by atoms with Crippen molar-refractivity contribution in [2.24, 2.45) is 0 Å². The molecule has 1 N–H and O–H groups in total. The number of nitrogens with one attached hydrogen (secondary N) is 1. The molecule has 0 amide bonds. The van der Waals surface area contributed by atoms with Gasteiger partial charge in [-0.25, -0.2) is 0 Å². The van der Waals surface area contributed by atoms with Crippen LogP contribution in [0.3, 0.4) is 0 Å². The fourth-order valence-electron chi connectivity index (χ4n) is 3.23.